The van der Waals surface area contributed by atoms with Gasteiger partial charge in [0.25, 0.3) is 0 Å². The molecule has 2 aromatic rings. The normalized spacial score (nSPS) is 11.2. The number of benzene rings is 2. The Labute approximate surface area is 174 Å². The molecule has 2 aromatic carbocycles. The molecule has 0 heterocycles. The summed E-state index contributed by atoms with van der Waals surface area (Å²) in [5.41, 5.74) is 0.634. The Hall–Kier alpha value is -2.33. The minimum atomic E-state index is -3.91. The summed E-state index contributed by atoms with van der Waals surface area (Å²) in [6.07, 6.45) is 0. The van der Waals surface area contributed by atoms with Crippen LogP contribution in [-0.4, -0.2) is 48.9 Å². The average molecular weight is 444 g/mol. The molecular weight excluding hydrogens is 422 g/mol. The van der Waals surface area contributed by atoms with E-state index >= 15 is 0 Å². The first kappa shape index (κ1) is 23.0. The van der Waals surface area contributed by atoms with Crippen LogP contribution in [0.2, 0.25) is 5.02 Å². The number of sulfonamides is 1. The molecule has 0 radical (unpaired) electrons. The number of carbonyl (C=O) groups excluding carboxylic acids is 1. The fourth-order valence-corrected chi connectivity index (χ4v) is 3.86. The summed E-state index contributed by atoms with van der Waals surface area (Å²) in [5.74, 6) is -0.0893. The third-order valence-corrected chi connectivity index (χ3v) is 5.61. The van der Waals surface area contributed by atoms with Gasteiger partial charge in [0.2, 0.25) is 10.0 Å². The molecule has 10 heteroatoms. The first-order chi connectivity index (χ1) is 13.8. The van der Waals surface area contributed by atoms with Crippen molar-refractivity contribution in [1.29, 1.82) is 0 Å². The molecule has 2 rings (SSSR count). The van der Waals surface area contributed by atoms with Crippen molar-refractivity contribution >= 4 is 27.6 Å². The Morgan fingerprint density at radius 1 is 1.03 bits per heavy atom. The smallest absolute Gasteiger partial charge is 0.338 e. The predicted molar refractivity (Wildman–Crippen MR) is 107 cm³/mol. The van der Waals surface area contributed by atoms with Crippen LogP contribution in [0.5, 0.6) is 11.5 Å². The van der Waals surface area contributed by atoms with E-state index in [1.165, 1.54) is 39.5 Å². The molecule has 0 amide bonds. The Morgan fingerprint density at radius 3 is 2.38 bits per heavy atom. The molecule has 0 saturated heterocycles. The van der Waals surface area contributed by atoms with Gasteiger partial charge in [-0.2, -0.15) is 0 Å². The average Bonchev–Trinajstić information content (AvgIpc) is 2.71. The molecule has 0 aliphatic rings. The third kappa shape index (κ3) is 6.07. The lowest BCUT2D eigenvalue weighted by molar-refractivity contribution is 0.0470. The topological polar surface area (TPSA) is 100 Å². The van der Waals surface area contributed by atoms with E-state index in [1.807, 2.05) is 0 Å². The number of rotatable bonds is 10. The van der Waals surface area contributed by atoms with E-state index in [4.69, 9.17) is 30.5 Å². The summed E-state index contributed by atoms with van der Waals surface area (Å²) in [6, 6.07) is 8.95. The van der Waals surface area contributed by atoms with Crippen LogP contribution >= 0.6 is 11.6 Å². The fourth-order valence-electron chi connectivity index (χ4n) is 2.46. The molecule has 0 saturated carbocycles. The van der Waals surface area contributed by atoms with Crippen molar-refractivity contribution in [2.24, 2.45) is 0 Å². The van der Waals surface area contributed by atoms with Crippen LogP contribution in [0.1, 0.15) is 15.9 Å². The lowest BCUT2D eigenvalue weighted by Gasteiger charge is -2.13. The number of methoxy groups -OCH3 is 3. The second kappa shape index (κ2) is 10.4. The monoisotopic (exact) mass is 443 g/mol. The maximum atomic E-state index is 12.5. The quantitative estimate of drug-likeness (QED) is 0.445. The van der Waals surface area contributed by atoms with Gasteiger partial charge in [-0.1, -0.05) is 11.6 Å². The zero-order chi connectivity index (χ0) is 21.4. The number of esters is 1. The first-order valence-electron chi connectivity index (χ1n) is 8.48. The molecule has 8 nitrogen and oxygen atoms in total. The Kier molecular flexibility index (Phi) is 8.27. The van der Waals surface area contributed by atoms with E-state index in [-0.39, 0.29) is 36.0 Å². The van der Waals surface area contributed by atoms with Gasteiger partial charge in [-0.05, 0) is 36.4 Å². The van der Waals surface area contributed by atoms with E-state index in [2.05, 4.69) is 4.72 Å². The van der Waals surface area contributed by atoms with Crippen molar-refractivity contribution < 1.29 is 32.2 Å². The summed E-state index contributed by atoms with van der Waals surface area (Å²) >= 11 is 5.97. The highest BCUT2D eigenvalue weighted by Crippen LogP contribution is 2.26. The Balaban J connectivity index is 2.22. The van der Waals surface area contributed by atoms with Gasteiger partial charge in [0.1, 0.15) is 23.0 Å². The van der Waals surface area contributed by atoms with Gasteiger partial charge >= 0.3 is 5.97 Å². The second-order valence-electron chi connectivity index (χ2n) is 5.79. The molecule has 0 spiro atoms. The van der Waals surface area contributed by atoms with Crippen LogP contribution in [0.25, 0.3) is 0 Å². The van der Waals surface area contributed by atoms with Crippen molar-refractivity contribution in [1.82, 2.24) is 4.72 Å². The maximum absolute atomic E-state index is 12.5. The van der Waals surface area contributed by atoms with Crippen molar-refractivity contribution in [2.75, 3.05) is 34.5 Å². The van der Waals surface area contributed by atoms with Crippen LogP contribution in [0.15, 0.2) is 41.3 Å². The number of nitrogens with one attached hydrogen (secondary N) is 1. The standard InChI is InChI=1S/C19H22ClNO7S/c1-25-9-8-21-29(23,24)18-11-13(4-6-17(18)27-3)19(22)28-12-14-10-15(20)5-7-16(14)26-2/h4-7,10-11,21H,8-9,12H2,1-3H3. The van der Waals surface area contributed by atoms with E-state index in [0.717, 1.165) is 0 Å². The minimum Gasteiger partial charge on any atom is -0.496 e. The van der Waals surface area contributed by atoms with Gasteiger partial charge in [-0.25, -0.2) is 17.9 Å². The SMILES string of the molecule is COCCNS(=O)(=O)c1cc(C(=O)OCc2cc(Cl)ccc2OC)ccc1OC. The van der Waals surface area contributed by atoms with Crippen molar-refractivity contribution in [3.8, 4) is 11.5 Å². The van der Waals surface area contributed by atoms with Crippen LogP contribution in [0.4, 0.5) is 0 Å². The van der Waals surface area contributed by atoms with E-state index in [9.17, 15) is 13.2 Å². The molecule has 0 atom stereocenters. The summed E-state index contributed by atoms with van der Waals surface area (Å²) in [7, 11) is 0.376. The van der Waals surface area contributed by atoms with Crippen LogP contribution in [0.3, 0.4) is 0 Å². The van der Waals surface area contributed by atoms with E-state index in [1.54, 1.807) is 18.2 Å². The molecule has 0 bridgehead atoms. The highest BCUT2D eigenvalue weighted by atomic mass is 35.5. The maximum Gasteiger partial charge on any atom is 0.338 e. The van der Waals surface area contributed by atoms with Crippen LogP contribution < -0.4 is 14.2 Å². The second-order valence-corrected chi connectivity index (χ2v) is 7.96. The van der Waals surface area contributed by atoms with Gasteiger partial charge in [0.15, 0.2) is 0 Å². The molecule has 0 aliphatic carbocycles. The van der Waals surface area contributed by atoms with E-state index < -0.39 is 16.0 Å². The van der Waals surface area contributed by atoms with Gasteiger partial charge in [0.05, 0.1) is 26.4 Å². The number of halogens is 1. The molecular formula is C19H22ClNO7S. The largest absolute Gasteiger partial charge is 0.496 e. The van der Waals surface area contributed by atoms with Crippen LogP contribution in [0, 0.1) is 0 Å². The van der Waals surface area contributed by atoms with Gasteiger partial charge < -0.3 is 18.9 Å². The molecule has 0 aromatic heterocycles. The summed E-state index contributed by atoms with van der Waals surface area (Å²) in [5, 5.41) is 0.469. The number of carbonyl (C=O) groups is 1. The van der Waals surface area contributed by atoms with Crippen molar-refractivity contribution in [3.63, 3.8) is 0 Å². The zero-order valence-corrected chi connectivity index (χ0v) is 17.8. The first-order valence-corrected chi connectivity index (χ1v) is 10.3. The Morgan fingerprint density at radius 2 is 1.72 bits per heavy atom. The molecule has 0 fully saturated rings. The minimum absolute atomic E-state index is 0.0545. The van der Waals surface area contributed by atoms with Gasteiger partial charge in [0, 0.05) is 24.2 Å². The number of hydrogen-bond acceptors (Lipinski definition) is 7. The van der Waals surface area contributed by atoms with Gasteiger partial charge in [-0.15, -0.1) is 0 Å². The lowest BCUT2D eigenvalue weighted by Crippen LogP contribution is -2.27. The summed E-state index contributed by atoms with van der Waals surface area (Å²) < 4.78 is 47.9. The van der Waals surface area contributed by atoms with Crippen LogP contribution in [-0.2, 0) is 26.1 Å². The Bertz CT molecular complexity index is 963. The number of hydrogen-bond donors (Lipinski definition) is 1. The fraction of sp³-hybridized carbons (Fsp3) is 0.316. The van der Waals surface area contributed by atoms with Crippen molar-refractivity contribution in [2.45, 2.75) is 11.5 Å². The molecule has 0 unspecified atom stereocenters. The highest BCUT2D eigenvalue weighted by Gasteiger charge is 2.22. The molecule has 1 N–H and O–H groups in total. The molecule has 0 aliphatic heterocycles. The lowest BCUT2D eigenvalue weighted by atomic mass is 10.2. The highest BCUT2D eigenvalue weighted by molar-refractivity contribution is 7.89. The summed E-state index contributed by atoms with van der Waals surface area (Å²) in [4.78, 5) is 12.3. The van der Waals surface area contributed by atoms with E-state index in [0.29, 0.717) is 16.3 Å². The molecule has 158 valence electrons. The molecule has 29 heavy (non-hydrogen) atoms. The third-order valence-electron chi connectivity index (χ3n) is 3.89. The zero-order valence-electron chi connectivity index (χ0n) is 16.2. The summed E-state index contributed by atoms with van der Waals surface area (Å²) in [6.45, 7) is 0.179. The van der Waals surface area contributed by atoms with Crippen molar-refractivity contribution in [3.05, 3.63) is 52.5 Å². The number of ether oxygens (including phenoxy) is 4. The predicted octanol–water partition coefficient (Wildman–Crippen LogP) is 2.64. The van der Waals surface area contributed by atoms with Gasteiger partial charge in [-0.3, -0.25) is 0 Å².